The van der Waals surface area contributed by atoms with Gasteiger partial charge in [0, 0.05) is 17.3 Å². The van der Waals surface area contributed by atoms with E-state index in [-0.39, 0.29) is 5.92 Å². The van der Waals surface area contributed by atoms with Gasteiger partial charge in [0.1, 0.15) is 18.1 Å². The third-order valence-electron chi connectivity index (χ3n) is 5.87. The van der Waals surface area contributed by atoms with E-state index in [1.165, 1.54) is 54.8 Å². The molecule has 1 atom stereocenters. The number of nitrogens with zero attached hydrogens (tertiary/aromatic N) is 1. The molecule has 0 spiro atoms. The molecule has 1 fully saturated rings. The number of rotatable bonds is 8. The summed E-state index contributed by atoms with van der Waals surface area (Å²) in [5.41, 5.74) is 2.55. The van der Waals surface area contributed by atoms with Crippen molar-refractivity contribution in [3.63, 3.8) is 0 Å². The Balaban J connectivity index is 1.43. The molecular formula is C26H31NO2S. The van der Waals surface area contributed by atoms with E-state index in [0.717, 1.165) is 24.7 Å². The van der Waals surface area contributed by atoms with Gasteiger partial charge in [0.25, 0.3) is 0 Å². The van der Waals surface area contributed by atoms with Gasteiger partial charge in [-0.2, -0.15) is 0 Å². The van der Waals surface area contributed by atoms with E-state index in [1.54, 1.807) is 18.4 Å². The summed E-state index contributed by atoms with van der Waals surface area (Å²) < 4.78 is 11.4. The highest BCUT2D eigenvalue weighted by Crippen LogP contribution is 2.36. The highest BCUT2D eigenvalue weighted by molar-refractivity contribution is 7.10. The van der Waals surface area contributed by atoms with Gasteiger partial charge in [0.15, 0.2) is 0 Å². The fourth-order valence-electron chi connectivity index (χ4n) is 4.18. The molecule has 1 aliphatic rings. The molecule has 1 saturated heterocycles. The van der Waals surface area contributed by atoms with Gasteiger partial charge in [-0.05, 0) is 72.8 Å². The van der Waals surface area contributed by atoms with Crippen LogP contribution in [-0.4, -0.2) is 38.3 Å². The molecule has 2 aromatic carbocycles. The fraction of sp³-hybridized carbons (Fsp3) is 0.385. The lowest BCUT2D eigenvalue weighted by Crippen LogP contribution is -2.29. The lowest BCUT2D eigenvalue weighted by atomic mass is 9.90. The molecule has 0 N–H and O–H groups in total. The molecule has 2 heterocycles. The van der Waals surface area contributed by atoms with Crippen LogP contribution in [0.1, 0.15) is 47.6 Å². The number of hydrogen-bond donors (Lipinski definition) is 0. The summed E-state index contributed by atoms with van der Waals surface area (Å²) >= 11 is 1.80. The molecule has 0 aliphatic carbocycles. The molecule has 1 aromatic heterocycles. The Labute approximate surface area is 184 Å². The molecule has 0 bridgehead atoms. The average molecular weight is 422 g/mol. The maximum Gasteiger partial charge on any atom is 0.119 e. The van der Waals surface area contributed by atoms with Crippen molar-refractivity contribution in [2.45, 2.75) is 31.6 Å². The third-order valence-corrected chi connectivity index (χ3v) is 6.80. The fourth-order valence-corrected chi connectivity index (χ4v) is 5.06. The van der Waals surface area contributed by atoms with E-state index < -0.39 is 0 Å². The molecule has 1 unspecified atom stereocenters. The van der Waals surface area contributed by atoms with Crippen molar-refractivity contribution in [3.8, 4) is 11.5 Å². The Hall–Kier alpha value is -2.30. The van der Waals surface area contributed by atoms with Gasteiger partial charge in [-0.15, -0.1) is 11.3 Å². The number of benzene rings is 2. The lowest BCUT2D eigenvalue weighted by molar-refractivity contribution is 0.214. The molecule has 158 valence electrons. The topological polar surface area (TPSA) is 21.7 Å². The Morgan fingerprint density at radius 3 is 2.03 bits per heavy atom. The first-order valence-corrected chi connectivity index (χ1v) is 11.8. The third kappa shape index (κ3) is 5.44. The summed E-state index contributed by atoms with van der Waals surface area (Å²) in [5.74, 6) is 2.06. The molecular weight excluding hydrogens is 390 g/mol. The Morgan fingerprint density at radius 2 is 1.47 bits per heavy atom. The number of thiophene rings is 1. The van der Waals surface area contributed by atoms with Gasteiger partial charge in [-0.1, -0.05) is 43.2 Å². The predicted octanol–water partition coefficient (Wildman–Crippen LogP) is 6.19. The number of likely N-dealkylation sites (tertiary alicyclic amines) is 1. The van der Waals surface area contributed by atoms with Crippen LogP contribution < -0.4 is 9.47 Å². The molecule has 3 nitrogen and oxygen atoms in total. The quantitative estimate of drug-likeness (QED) is 0.433. The van der Waals surface area contributed by atoms with Gasteiger partial charge in [-0.3, -0.25) is 4.90 Å². The monoisotopic (exact) mass is 421 g/mol. The number of ether oxygens (including phenoxy) is 2. The van der Waals surface area contributed by atoms with E-state index in [9.17, 15) is 0 Å². The largest absolute Gasteiger partial charge is 0.497 e. The zero-order valence-electron chi connectivity index (χ0n) is 17.8. The van der Waals surface area contributed by atoms with Crippen LogP contribution in [0.3, 0.4) is 0 Å². The second kappa shape index (κ2) is 10.6. The van der Waals surface area contributed by atoms with Gasteiger partial charge < -0.3 is 9.47 Å². The minimum absolute atomic E-state index is 0.224. The molecule has 4 rings (SSSR count). The summed E-state index contributed by atoms with van der Waals surface area (Å²) in [7, 11) is 1.71. The van der Waals surface area contributed by atoms with Crippen LogP contribution in [0.4, 0.5) is 0 Å². The van der Waals surface area contributed by atoms with Crippen LogP contribution in [0.2, 0.25) is 0 Å². The van der Waals surface area contributed by atoms with Crippen molar-refractivity contribution in [3.05, 3.63) is 82.0 Å². The van der Waals surface area contributed by atoms with E-state index in [0.29, 0.717) is 0 Å². The Bertz CT molecular complexity index is 866. The standard InChI is InChI=1S/C26H31NO2S/c1-28-23-12-8-21(9-13-23)26(25-7-6-20-30-25)22-10-14-24(15-11-22)29-19-18-27-16-4-2-3-5-17-27/h6-15,20,26H,2-5,16-19H2,1H3. The molecule has 0 amide bonds. The zero-order valence-corrected chi connectivity index (χ0v) is 18.6. The summed E-state index contributed by atoms with van der Waals surface area (Å²) in [6.07, 6.45) is 5.39. The van der Waals surface area contributed by atoms with Crippen LogP contribution in [0.15, 0.2) is 66.0 Å². The molecule has 1 aliphatic heterocycles. The minimum atomic E-state index is 0.224. The zero-order chi connectivity index (χ0) is 20.6. The second-order valence-corrected chi connectivity index (χ2v) is 8.87. The van der Waals surface area contributed by atoms with Crippen molar-refractivity contribution >= 4 is 11.3 Å². The highest BCUT2D eigenvalue weighted by Gasteiger charge is 2.18. The van der Waals surface area contributed by atoms with Crippen LogP contribution >= 0.6 is 11.3 Å². The summed E-state index contributed by atoms with van der Waals surface area (Å²) in [6.45, 7) is 4.21. The lowest BCUT2D eigenvalue weighted by Gasteiger charge is -2.20. The molecule has 3 aromatic rings. The van der Waals surface area contributed by atoms with E-state index in [2.05, 4.69) is 58.8 Å². The molecule has 0 saturated carbocycles. The van der Waals surface area contributed by atoms with Crippen LogP contribution in [0.25, 0.3) is 0 Å². The van der Waals surface area contributed by atoms with Crippen LogP contribution in [0, 0.1) is 0 Å². The van der Waals surface area contributed by atoms with Gasteiger partial charge >= 0.3 is 0 Å². The normalized spacial score (nSPS) is 16.0. The van der Waals surface area contributed by atoms with Gasteiger partial charge in [-0.25, -0.2) is 0 Å². The first kappa shape index (κ1) is 21.0. The summed E-state index contributed by atoms with van der Waals surface area (Å²) in [4.78, 5) is 3.88. The maximum atomic E-state index is 6.06. The predicted molar refractivity (Wildman–Crippen MR) is 125 cm³/mol. The average Bonchev–Trinajstić information content (AvgIpc) is 3.19. The van der Waals surface area contributed by atoms with Crippen molar-refractivity contribution in [1.82, 2.24) is 4.90 Å². The second-order valence-electron chi connectivity index (χ2n) is 7.89. The SMILES string of the molecule is COc1ccc(C(c2ccc(OCCN3CCCCCC3)cc2)c2cccs2)cc1. The van der Waals surface area contributed by atoms with Crippen molar-refractivity contribution in [2.75, 3.05) is 33.4 Å². The van der Waals surface area contributed by atoms with Crippen molar-refractivity contribution in [2.24, 2.45) is 0 Å². The van der Waals surface area contributed by atoms with E-state index >= 15 is 0 Å². The summed E-state index contributed by atoms with van der Waals surface area (Å²) in [5, 5.41) is 2.15. The van der Waals surface area contributed by atoms with Crippen molar-refractivity contribution < 1.29 is 9.47 Å². The smallest absolute Gasteiger partial charge is 0.119 e. The Morgan fingerprint density at radius 1 is 0.833 bits per heavy atom. The Kier molecular flexibility index (Phi) is 7.44. The first-order valence-electron chi connectivity index (χ1n) is 11.0. The maximum absolute atomic E-state index is 6.06. The molecule has 4 heteroatoms. The highest BCUT2D eigenvalue weighted by atomic mass is 32.1. The molecule has 0 radical (unpaired) electrons. The molecule has 30 heavy (non-hydrogen) atoms. The first-order chi connectivity index (χ1) is 14.8. The minimum Gasteiger partial charge on any atom is -0.497 e. The van der Waals surface area contributed by atoms with Gasteiger partial charge in [0.2, 0.25) is 0 Å². The number of hydrogen-bond acceptors (Lipinski definition) is 4. The van der Waals surface area contributed by atoms with E-state index in [1.807, 2.05) is 12.1 Å². The van der Waals surface area contributed by atoms with Crippen molar-refractivity contribution in [1.29, 1.82) is 0 Å². The van der Waals surface area contributed by atoms with Crippen LogP contribution in [-0.2, 0) is 0 Å². The van der Waals surface area contributed by atoms with Crippen LogP contribution in [0.5, 0.6) is 11.5 Å². The van der Waals surface area contributed by atoms with E-state index in [4.69, 9.17) is 9.47 Å². The number of methoxy groups -OCH3 is 1. The summed E-state index contributed by atoms with van der Waals surface area (Å²) in [6, 6.07) is 21.4. The van der Waals surface area contributed by atoms with Gasteiger partial charge in [0.05, 0.1) is 7.11 Å².